The second-order valence-electron chi connectivity index (χ2n) is 6.02. The van der Waals surface area contributed by atoms with Crippen molar-refractivity contribution in [2.45, 2.75) is 6.92 Å². The predicted molar refractivity (Wildman–Crippen MR) is 101 cm³/mol. The van der Waals surface area contributed by atoms with Crippen LogP contribution >= 0.6 is 0 Å². The number of carbonyl (C=O) groups is 2. The molecule has 6 heteroatoms. The molecule has 1 amide bonds. The number of carboxylic acids is 1. The molecule has 0 atom stereocenters. The number of aryl methyl sites for hydroxylation is 1. The van der Waals surface area contributed by atoms with E-state index in [1.807, 2.05) is 0 Å². The molecular weight excluding hydrogens is 346 g/mol. The fourth-order valence-electron chi connectivity index (χ4n) is 2.80. The van der Waals surface area contributed by atoms with Crippen LogP contribution in [0.2, 0.25) is 0 Å². The molecule has 0 bridgehead atoms. The van der Waals surface area contributed by atoms with Gasteiger partial charge in [-0.25, -0.2) is 4.79 Å². The molecule has 0 aliphatic heterocycles. The molecule has 3 aromatic carbocycles. The molecule has 0 aromatic heterocycles. The fraction of sp³-hybridized carbons (Fsp3) is 0.0476. The quantitative estimate of drug-likeness (QED) is 0.649. The van der Waals surface area contributed by atoms with E-state index in [-0.39, 0.29) is 17.1 Å². The molecule has 0 saturated carbocycles. The Kier molecular flexibility index (Phi) is 4.81. The fourth-order valence-corrected chi connectivity index (χ4v) is 2.80. The van der Waals surface area contributed by atoms with Crippen LogP contribution in [0.25, 0.3) is 0 Å². The van der Waals surface area contributed by atoms with Crippen molar-refractivity contribution in [1.29, 1.82) is 0 Å². The van der Waals surface area contributed by atoms with Crippen LogP contribution in [-0.4, -0.2) is 27.2 Å². The first-order valence-electron chi connectivity index (χ1n) is 8.13. The van der Waals surface area contributed by atoms with E-state index in [1.54, 1.807) is 31.2 Å². The Morgan fingerprint density at radius 1 is 0.815 bits per heavy atom. The topological polar surface area (TPSA) is 98.1 Å². The average molecular weight is 363 g/mol. The van der Waals surface area contributed by atoms with Crippen LogP contribution in [0.4, 0.5) is 11.4 Å². The Balaban J connectivity index is 2.13. The molecule has 136 valence electrons. The van der Waals surface area contributed by atoms with Crippen LogP contribution in [0.1, 0.15) is 26.3 Å². The van der Waals surface area contributed by atoms with Gasteiger partial charge in [-0.15, -0.1) is 0 Å². The van der Waals surface area contributed by atoms with Gasteiger partial charge in [0.1, 0.15) is 11.5 Å². The zero-order valence-corrected chi connectivity index (χ0v) is 14.5. The van der Waals surface area contributed by atoms with Gasteiger partial charge in [0.15, 0.2) is 0 Å². The van der Waals surface area contributed by atoms with E-state index in [2.05, 4.69) is 0 Å². The summed E-state index contributed by atoms with van der Waals surface area (Å²) in [6, 6.07) is 16.6. The zero-order chi connectivity index (χ0) is 19.6. The molecule has 27 heavy (non-hydrogen) atoms. The van der Waals surface area contributed by atoms with E-state index >= 15 is 0 Å². The zero-order valence-electron chi connectivity index (χ0n) is 14.5. The molecule has 0 unspecified atom stereocenters. The minimum Gasteiger partial charge on any atom is -0.508 e. The van der Waals surface area contributed by atoms with Gasteiger partial charge in [0.05, 0.1) is 16.9 Å². The Morgan fingerprint density at radius 3 is 1.81 bits per heavy atom. The number of phenols is 2. The van der Waals surface area contributed by atoms with Gasteiger partial charge >= 0.3 is 5.97 Å². The molecule has 0 heterocycles. The lowest BCUT2D eigenvalue weighted by Gasteiger charge is -2.24. The Bertz CT molecular complexity index is 983. The third-order valence-corrected chi connectivity index (χ3v) is 4.08. The molecule has 3 rings (SSSR count). The van der Waals surface area contributed by atoms with E-state index in [1.165, 1.54) is 47.4 Å². The second kappa shape index (κ2) is 7.21. The molecule has 0 aliphatic carbocycles. The number of aromatic carboxylic acids is 1. The Labute approximate surface area is 155 Å². The van der Waals surface area contributed by atoms with Crippen LogP contribution in [0, 0.1) is 6.92 Å². The van der Waals surface area contributed by atoms with Crippen LogP contribution in [0.15, 0.2) is 66.7 Å². The van der Waals surface area contributed by atoms with Crippen molar-refractivity contribution in [3.05, 3.63) is 83.4 Å². The number of carboxylic acid groups (broad SMARTS) is 1. The number of hydrogen-bond acceptors (Lipinski definition) is 4. The number of rotatable bonds is 4. The van der Waals surface area contributed by atoms with Crippen molar-refractivity contribution in [2.75, 3.05) is 4.90 Å². The van der Waals surface area contributed by atoms with E-state index in [4.69, 9.17) is 5.11 Å². The van der Waals surface area contributed by atoms with E-state index in [0.29, 0.717) is 22.5 Å². The summed E-state index contributed by atoms with van der Waals surface area (Å²) in [5.74, 6) is -1.51. The van der Waals surface area contributed by atoms with Gasteiger partial charge in [-0.2, -0.15) is 0 Å². The SMILES string of the molecule is Cc1cc(C(=O)O)ccc1C(=O)N(c1cccc(O)c1)c1cccc(O)c1. The number of nitrogens with zero attached hydrogens (tertiary/aromatic N) is 1. The average Bonchev–Trinajstić information content (AvgIpc) is 2.62. The normalized spacial score (nSPS) is 10.4. The van der Waals surface area contributed by atoms with E-state index in [9.17, 15) is 19.8 Å². The molecule has 6 nitrogen and oxygen atoms in total. The molecule has 0 aliphatic rings. The number of aromatic hydroxyl groups is 2. The highest BCUT2D eigenvalue weighted by Crippen LogP contribution is 2.32. The van der Waals surface area contributed by atoms with Gasteiger partial charge in [-0.3, -0.25) is 9.69 Å². The first-order chi connectivity index (χ1) is 12.9. The first kappa shape index (κ1) is 18.0. The molecule has 0 spiro atoms. The molecule has 3 aromatic rings. The van der Waals surface area contributed by atoms with Crippen LogP contribution in [-0.2, 0) is 0 Å². The highest BCUT2D eigenvalue weighted by molar-refractivity contribution is 6.12. The monoisotopic (exact) mass is 363 g/mol. The molecule has 0 radical (unpaired) electrons. The number of amides is 1. The smallest absolute Gasteiger partial charge is 0.335 e. The number of hydrogen-bond donors (Lipinski definition) is 3. The van der Waals surface area contributed by atoms with Gasteiger partial charge in [-0.1, -0.05) is 12.1 Å². The first-order valence-corrected chi connectivity index (χ1v) is 8.13. The Morgan fingerprint density at radius 2 is 1.37 bits per heavy atom. The third-order valence-electron chi connectivity index (χ3n) is 4.08. The van der Waals surface area contributed by atoms with Crippen molar-refractivity contribution >= 4 is 23.3 Å². The maximum absolute atomic E-state index is 13.3. The van der Waals surface area contributed by atoms with Crippen molar-refractivity contribution in [1.82, 2.24) is 0 Å². The third kappa shape index (κ3) is 3.74. The van der Waals surface area contributed by atoms with Crippen molar-refractivity contribution in [3.8, 4) is 11.5 Å². The van der Waals surface area contributed by atoms with Crippen LogP contribution in [0.3, 0.4) is 0 Å². The number of carbonyl (C=O) groups excluding carboxylic acids is 1. The summed E-state index contributed by atoms with van der Waals surface area (Å²) in [6.07, 6.45) is 0. The van der Waals surface area contributed by atoms with Gasteiger partial charge in [0.2, 0.25) is 0 Å². The summed E-state index contributed by atoms with van der Waals surface area (Å²) in [5, 5.41) is 28.7. The summed E-state index contributed by atoms with van der Waals surface area (Å²) in [7, 11) is 0. The standard InChI is InChI=1S/C21H17NO5/c1-13-10-14(21(26)27)8-9-19(13)20(25)22(15-4-2-6-17(23)11-15)16-5-3-7-18(24)12-16/h2-12,23-24H,1H3,(H,26,27). The lowest BCUT2D eigenvalue weighted by Crippen LogP contribution is -2.26. The highest BCUT2D eigenvalue weighted by atomic mass is 16.4. The van der Waals surface area contributed by atoms with Gasteiger partial charge in [0.25, 0.3) is 5.91 Å². The van der Waals surface area contributed by atoms with Crippen LogP contribution < -0.4 is 4.90 Å². The maximum atomic E-state index is 13.3. The summed E-state index contributed by atoms with van der Waals surface area (Å²) in [5.41, 5.74) is 1.72. The number of benzene rings is 3. The summed E-state index contributed by atoms with van der Waals surface area (Å²) < 4.78 is 0. The second-order valence-corrected chi connectivity index (χ2v) is 6.02. The van der Waals surface area contributed by atoms with E-state index in [0.717, 1.165) is 0 Å². The van der Waals surface area contributed by atoms with Crippen molar-refractivity contribution in [3.63, 3.8) is 0 Å². The largest absolute Gasteiger partial charge is 0.508 e. The summed E-state index contributed by atoms with van der Waals surface area (Å²) >= 11 is 0. The number of anilines is 2. The van der Waals surface area contributed by atoms with Crippen molar-refractivity contribution in [2.24, 2.45) is 0 Å². The highest BCUT2D eigenvalue weighted by Gasteiger charge is 2.22. The molecular formula is C21H17NO5. The summed E-state index contributed by atoms with van der Waals surface area (Å²) in [4.78, 5) is 25.8. The molecule has 3 N–H and O–H groups in total. The minimum atomic E-state index is -1.07. The van der Waals surface area contributed by atoms with Gasteiger partial charge < -0.3 is 15.3 Å². The summed E-state index contributed by atoms with van der Waals surface area (Å²) in [6.45, 7) is 1.66. The lowest BCUT2D eigenvalue weighted by atomic mass is 10.0. The van der Waals surface area contributed by atoms with E-state index < -0.39 is 11.9 Å². The molecule has 0 saturated heterocycles. The lowest BCUT2D eigenvalue weighted by molar-refractivity contribution is 0.0696. The van der Waals surface area contributed by atoms with Crippen LogP contribution in [0.5, 0.6) is 11.5 Å². The van der Waals surface area contributed by atoms with Crippen molar-refractivity contribution < 1.29 is 24.9 Å². The number of phenolic OH excluding ortho intramolecular Hbond substituents is 2. The Hall–Kier alpha value is -3.80. The van der Waals surface area contributed by atoms with Gasteiger partial charge in [0, 0.05) is 17.7 Å². The predicted octanol–water partition coefficient (Wildman–Crippen LogP) is 4.08. The maximum Gasteiger partial charge on any atom is 0.335 e. The molecule has 0 fully saturated rings. The minimum absolute atomic E-state index is 0.0107. The van der Waals surface area contributed by atoms with Gasteiger partial charge in [-0.05, 0) is 55.0 Å².